The van der Waals surface area contributed by atoms with Gasteiger partial charge in [-0.2, -0.15) is 0 Å². The van der Waals surface area contributed by atoms with Crippen molar-refractivity contribution in [2.24, 2.45) is 5.41 Å². The van der Waals surface area contributed by atoms with Gasteiger partial charge in [0.25, 0.3) is 0 Å². The lowest BCUT2D eigenvalue weighted by Gasteiger charge is -2.41. The molecular formula is C16H31NO2. The predicted octanol–water partition coefficient (Wildman–Crippen LogP) is 2.87. The van der Waals surface area contributed by atoms with Gasteiger partial charge in [0.05, 0.1) is 18.8 Å². The molecule has 2 aliphatic carbocycles. The van der Waals surface area contributed by atoms with E-state index in [1.807, 2.05) is 0 Å². The van der Waals surface area contributed by atoms with Gasteiger partial charge in [-0.3, -0.25) is 0 Å². The standard InChI is InChI=1S/C16H31NO2/c1-2-16(9-6-10-16)13-17-11-14(18)12-19-15-7-4-3-5-8-15/h14-15,17-18H,2-13H2,1H3. The third-order valence-corrected chi connectivity index (χ3v) is 5.12. The fourth-order valence-electron chi connectivity index (χ4n) is 3.37. The second kappa shape index (κ2) is 7.61. The molecule has 0 aromatic heterocycles. The maximum atomic E-state index is 9.95. The van der Waals surface area contributed by atoms with E-state index in [9.17, 15) is 5.11 Å². The maximum Gasteiger partial charge on any atom is 0.0897 e. The summed E-state index contributed by atoms with van der Waals surface area (Å²) in [4.78, 5) is 0. The Morgan fingerprint density at radius 3 is 2.53 bits per heavy atom. The van der Waals surface area contributed by atoms with Gasteiger partial charge >= 0.3 is 0 Å². The van der Waals surface area contributed by atoms with Crippen molar-refractivity contribution in [3.8, 4) is 0 Å². The summed E-state index contributed by atoms with van der Waals surface area (Å²) in [5, 5.41) is 13.4. The lowest BCUT2D eigenvalue weighted by atomic mass is 9.67. The highest BCUT2D eigenvalue weighted by Gasteiger charge is 2.34. The fraction of sp³-hybridized carbons (Fsp3) is 1.00. The van der Waals surface area contributed by atoms with Gasteiger partial charge in [-0.1, -0.05) is 32.6 Å². The summed E-state index contributed by atoms with van der Waals surface area (Å²) in [6.07, 6.45) is 11.7. The summed E-state index contributed by atoms with van der Waals surface area (Å²) in [6, 6.07) is 0. The molecule has 2 rings (SSSR count). The van der Waals surface area contributed by atoms with E-state index in [1.54, 1.807) is 0 Å². The molecule has 112 valence electrons. The summed E-state index contributed by atoms with van der Waals surface area (Å²) >= 11 is 0. The molecule has 1 unspecified atom stereocenters. The van der Waals surface area contributed by atoms with Crippen molar-refractivity contribution in [2.45, 2.75) is 76.9 Å². The molecule has 0 saturated heterocycles. The number of hydrogen-bond donors (Lipinski definition) is 2. The van der Waals surface area contributed by atoms with Crippen LogP contribution in [0.3, 0.4) is 0 Å². The third-order valence-electron chi connectivity index (χ3n) is 5.12. The van der Waals surface area contributed by atoms with E-state index >= 15 is 0 Å². The molecule has 0 aromatic rings. The summed E-state index contributed by atoms with van der Waals surface area (Å²) in [5.74, 6) is 0. The average Bonchev–Trinajstić information content (AvgIpc) is 2.41. The molecule has 2 fully saturated rings. The molecule has 19 heavy (non-hydrogen) atoms. The van der Waals surface area contributed by atoms with Crippen molar-refractivity contribution in [1.82, 2.24) is 5.32 Å². The van der Waals surface area contributed by atoms with Crippen LogP contribution in [-0.2, 0) is 4.74 Å². The minimum absolute atomic E-state index is 0.351. The second-order valence-corrected chi connectivity index (χ2v) is 6.59. The highest BCUT2D eigenvalue weighted by atomic mass is 16.5. The molecule has 3 heteroatoms. The number of ether oxygens (including phenoxy) is 1. The van der Waals surface area contributed by atoms with E-state index in [0.29, 0.717) is 24.7 Å². The molecule has 2 N–H and O–H groups in total. The zero-order valence-corrected chi connectivity index (χ0v) is 12.5. The molecule has 3 nitrogen and oxygen atoms in total. The number of hydrogen-bond acceptors (Lipinski definition) is 3. The van der Waals surface area contributed by atoms with Crippen molar-refractivity contribution in [1.29, 1.82) is 0 Å². The number of rotatable bonds is 8. The van der Waals surface area contributed by atoms with Gasteiger partial charge in [0.15, 0.2) is 0 Å². The smallest absolute Gasteiger partial charge is 0.0897 e. The Kier molecular flexibility index (Phi) is 6.11. The quantitative estimate of drug-likeness (QED) is 0.712. The van der Waals surface area contributed by atoms with E-state index in [1.165, 1.54) is 57.8 Å². The van der Waals surface area contributed by atoms with E-state index < -0.39 is 0 Å². The van der Waals surface area contributed by atoms with Crippen molar-refractivity contribution in [3.05, 3.63) is 0 Å². The Hall–Kier alpha value is -0.120. The fourth-order valence-corrected chi connectivity index (χ4v) is 3.37. The van der Waals surface area contributed by atoms with Gasteiger partial charge < -0.3 is 15.2 Å². The first-order chi connectivity index (χ1) is 9.24. The zero-order chi connectivity index (χ0) is 13.6. The van der Waals surface area contributed by atoms with Crippen LogP contribution in [0.4, 0.5) is 0 Å². The highest BCUT2D eigenvalue weighted by Crippen LogP contribution is 2.42. The maximum absolute atomic E-state index is 9.95. The first kappa shape index (κ1) is 15.3. The highest BCUT2D eigenvalue weighted by molar-refractivity contribution is 4.88. The van der Waals surface area contributed by atoms with Crippen LogP contribution in [0, 0.1) is 5.41 Å². The van der Waals surface area contributed by atoms with Crippen LogP contribution < -0.4 is 5.32 Å². The molecule has 0 radical (unpaired) electrons. The van der Waals surface area contributed by atoms with Gasteiger partial charge in [0.2, 0.25) is 0 Å². The van der Waals surface area contributed by atoms with Crippen molar-refractivity contribution < 1.29 is 9.84 Å². The molecule has 0 amide bonds. The lowest BCUT2D eigenvalue weighted by molar-refractivity contribution is -0.0242. The van der Waals surface area contributed by atoms with Crippen molar-refractivity contribution in [3.63, 3.8) is 0 Å². The molecule has 0 bridgehead atoms. The van der Waals surface area contributed by atoms with Gasteiger partial charge in [-0.05, 0) is 37.5 Å². The molecule has 1 atom stereocenters. The van der Waals surface area contributed by atoms with Crippen LogP contribution in [0.25, 0.3) is 0 Å². The minimum atomic E-state index is -0.351. The molecule has 2 aliphatic rings. The Labute approximate surface area is 118 Å². The normalized spacial score (nSPS) is 24.9. The Bertz CT molecular complexity index is 242. The van der Waals surface area contributed by atoms with Gasteiger partial charge in [-0.25, -0.2) is 0 Å². The molecule has 2 saturated carbocycles. The number of nitrogens with one attached hydrogen (secondary N) is 1. The molecule has 0 spiro atoms. The molecule has 0 heterocycles. The number of aliphatic hydroxyl groups excluding tert-OH is 1. The van der Waals surface area contributed by atoms with Crippen LogP contribution >= 0.6 is 0 Å². The molecule has 0 aliphatic heterocycles. The Morgan fingerprint density at radius 1 is 1.21 bits per heavy atom. The van der Waals surface area contributed by atoms with Crippen molar-refractivity contribution in [2.75, 3.05) is 19.7 Å². The van der Waals surface area contributed by atoms with Gasteiger partial charge in [0, 0.05) is 13.1 Å². The van der Waals surface area contributed by atoms with E-state index in [-0.39, 0.29) is 6.10 Å². The Balaban J connectivity index is 1.53. The van der Waals surface area contributed by atoms with Crippen LogP contribution in [0.5, 0.6) is 0 Å². The number of aliphatic hydroxyl groups is 1. The topological polar surface area (TPSA) is 41.5 Å². The van der Waals surface area contributed by atoms with Crippen molar-refractivity contribution >= 4 is 0 Å². The summed E-state index contributed by atoms with van der Waals surface area (Å²) in [7, 11) is 0. The predicted molar refractivity (Wildman–Crippen MR) is 78.3 cm³/mol. The molecule has 0 aromatic carbocycles. The van der Waals surface area contributed by atoms with Crippen LogP contribution in [0.15, 0.2) is 0 Å². The summed E-state index contributed by atoms with van der Waals surface area (Å²) in [6.45, 7) is 4.51. The largest absolute Gasteiger partial charge is 0.389 e. The molecular weight excluding hydrogens is 238 g/mol. The zero-order valence-electron chi connectivity index (χ0n) is 12.5. The van der Waals surface area contributed by atoms with E-state index in [0.717, 1.165) is 6.54 Å². The first-order valence-corrected chi connectivity index (χ1v) is 8.24. The average molecular weight is 269 g/mol. The lowest BCUT2D eigenvalue weighted by Crippen LogP contribution is -2.42. The summed E-state index contributed by atoms with van der Waals surface area (Å²) < 4.78 is 5.80. The first-order valence-electron chi connectivity index (χ1n) is 8.24. The van der Waals surface area contributed by atoms with Crippen LogP contribution in [0.1, 0.15) is 64.7 Å². The minimum Gasteiger partial charge on any atom is -0.389 e. The van der Waals surface area contributed by atoms with E-state index in [2.05, 4.69) is 12.2 Å². The summed E-state index contributed by atoms with van der Waals surface area (Å²) in [5.41, 5.74) is 0.532. The van der Waals surface area contributed by atoms with Gasteiger partial charge in [-0.15, -0.1) is 0 Å². The Morgan fingerprint density at radius 2 is 1.95 bits per heavy atom. The SMILES string of the molecule is CCC1(CNCC(O)COC2CCCCC2)CCC1. The monoisotopic (exact) mass is 269 g/mol. The second-order valence-electron chi connectivity index (χ2n) is 6.59. The van der Waals surface area contributed by atoms with E-state index in [4.69, 9.17) is 4.74 Å². The van der Waals surface area contributed by atoms with Crippen LogP contribution in [0.2, 0.25) is 0 Å². The van der Waals surface area contributed by atoms with Gasteiger partial charge in [0.1, 0.15) is 0 Å². The third kappa shape index (κ3) is 4.73. The van der Waals surface area contributed by atoms with Crippen LogP contribution in [-0.4, -0.2) is 37.0 Å².